The molecule has 0 saturated carbocycles. The molecule has 0 unspecified atom stereocenters. The number of carbonyl (C=O) groups is 1. The summed E-state index contributed by atoms with van der Waals surface area (Å²) in [5.74, 6) is 1.04. The highest BCUT2D eigenvalue weighted by atomic mass is 35.5. The van der Waals surface area contributed by atoms with Crippen molar-refractivity contribution < 1.29 is 9.53 Å². The zero-order valence-corrected chi connectivity index (χ0v) is 13.5. The molecule has 20 heavy (non-hydrogen) atoms. The summed E-state index contributed by atoms with van der Waals surface area (Å²) in [6.07, 6.45) is 1.98. The van der Waals surface area contributed by atoms with Gasteiger partial charge < -0.3 is 9.64 Å². The minimum absolute atomic E-state index is 0.149. The lowest BCUT2D eigenvalue weighted by atomic mass is 10.1. The van der Waals surface area contributed by atoms with Crippen LogP contribution >= 0.6 is 11.6 Å². The van der Waals surface area contributed by atoms with Gasteiger partial charge in [-0.3, -0.25) is 4.79 Å². The molecule has 1 amide bonds. The zero-order chi connectivity index (χ0) is 15.1. The summed E-state index contributed by atoms with van der Waals surface area (Å²) in [5, 5.41) is 0.728. The number of piperidine rings is 1. The van der Waals surface area contributed by atoms with Gasteiger partial charge >= 0.3 is 0 Å². The second-order valence-corrected chi connectivity index (χ2v) is 5.17. The molecule has 1 aliphatic heterocycles. The lowest BCUT2D eigenvalue weighted by Gasteiger charge is -2.31. The van der Waals surface area contributed by atoms with Crippen molar-refractivity contribution >= 4 is 17.5 Å². The fraction of sp³-hybridized carbons (Fsp3) is 0.562. The highest BCUT2D eigenvalue weighted by Crippen LogP contribution is 2.25. The van der Waals surface area contributed by atoms with Gasteiger partial charge in [0.2, 0.25) is 5.91 Å². The monoisotopic (exact) mass is 297 g/mol. The maximum absolute atomic E-state index is 11.2. The molecule has 112 valence electrons. The third-order valence-electron chi connectivity index (χ3n) is 3.32. The predicted octanol–water partition coefficient (Wildman–Crippen LogP) is 4.06. The van der Waals surface area contributed by atoms with Crippen LogP contribution in [-0.4, -0.2) is 30.0 Å². The van der Waals surface area contributed by atoms with Crippen LogP contribution in [0, 0.1) is 6.92 Å². The van der Waals surface area contributed by atoms with Gasteiger partial charge in [-0.05, 0) is 30.7 Å². The Morgan fingerprint density at radius 3 is 2.40 bits per heavy atom. The second-order valence-electron chi connectivity index (χ2n) is 4.73. The molecule has 1 heterocycles. The van der Waals surface area contributed by atoms with E-state index in [-0.39, 0.29) is 12.0 Å². The Labute approximate surface area is 126 Å². The Balaban J connectivity index is 0.000000956. The molecule has 0 N–H and O–H groups in total. The number of carbonyl (C=O) groups excluding carboxylic acids is 1. The van der Waals surface area contributed by atoms with Gasteiger partial charge in [0.1, 0.15) is 11.9 Å². The number of hydrogen-bond acceptors (Lipinski definition) is 2. The van der Waals surface area contributed by atoms with Gasteiger partial charge in [-0.1, -0.05) is 25.4 Å². The van der Waals surface area contributed by atoms with E-state index in [1.165, 1.54) is 0 Å². The molecule has 3 nitrogen and oxygen atoms in total. The molecule has 4 heteroatoms. The fourth-order valence-electron chi connectivity index (χ4n) is 2.21. The SMILES string of the molecule is CC.CC(=O)N1CCC(Oc2ccc(Cl)cc2C)CC1. The second kappa shape index (κ2) is 8.15. The van der Waals surface area contributed by atoms with Gasteiger partial charge in [0.25, 0.3) is 0 Å². The Hall–Kier alpha value is -1.22. The van der Waals surface area contributed by atoms with E-state index in [1.807, 2.05) is 43.9 Å². The minimum Gasteiger partial charge on any atom is -0.490 e. The van der Waals surface area contributed by atoms with Gasteiger partial charge in [-0.15, -0.1) is 0 Å². The number of halogens is 1. The fourth-order valence-corrected chi connectivity index (χ4v) is 2.44. The number of likely N-dealkylation sites (tertiary alicyclic amines) is 1. The van der Waals surface area contributed by atoms with Crippen molar-refractivity contribution in [1.82, 2.24) is 4.90 Å². The smallest absolute Gasteiger partial charge is 0.219 e. The van der Waals surface area contributed by atoms with Crippen molar-refractivity contribution in [2.45, 2.75) is 46.6 Å². The van der Waals surface area contributed by atoms with E-state index >= 15 is 0 Å². The summed E-state index contributed by atoms with van der Waals surface area (Å²) >= 11 is 5.91. The third-order valence-corrected chi connectivity index (χ3v) is 3.55. The maximum Gasteiger partial charge on any atom is 0.219 e. The average Bonchev–Trinajstić information content (AvgIpc) is 2.45. The van der Waals surface area contributed by atoms with E-state index in [4.69, 9.17) is 16.3 Å². The van der Waals surface area contributed by atoms with Crippen LogP contribution in [0.15, 0.2) is 18.2 Å². The molecule has 1 aromatic carbocycles. The van der Waals surface area contributed by atoms with Crippen LogP contribution in [0.1, 0.15) is 39.2 Å². The number of aryl methyl sites for hydroxylation is 1. The van der Waals surface area contributed by atoms with E-state index in [9.17, 15) is 4.79 Å². The highest BCUT2D eigenvalue weighted by Gasteiger charge is 2.22. The van der Waals surface area contributed by atoms with E-state index in [0.29, 0.717) is 0 Å². The first kappa shape index (κ1) is 16.8. The van der Waals surface area contributed by atoms with Crippen molar-refractivity contribution in [1.29, 1.82) is 0 Å². The van der Waals surface area contributed by atoms with Crippen LogP contribution < -0.4 is 4.74 Å². The molecule has 2 rings (SSSR count). The van der Waals surface area contributed by atoms with Crippen molar-refractivity contribution in [3.63, 3.8) is 0 Å². The van der Waals surface area contributed by atoms with Gasteiger partial charge in [0.15, 0.2) is 0 Å². The average molecular weight is 298 g/mol. The third kappa shape index (κ3) is 4.71. The van der Waals surface area contributed by atoms with Crippen molar-refractivity contribution in [3.8, 4) is 5.75 Å². The van der Waals surface area contributed by atoms with Crippen molar-refractivity contribution in [2.24, 2.45) is 0 Å². The Kier molecular flexibility index (Phi) is 6.86. The number of ether oxygens (including phenoxy) is 1. The highest BCUT2D eigenvalue weighted by molar-refractivity contribution is 6.30. The van der Waals surface area contributed by atoms with Crippen LogP contribution in [0.3, 0.4) is 0 Å². The van der Waals surface area contributed by atoms with E-state index < -0.39 is 0 Å². The van der Waals surface area contributed by atoms with Crippen molar-refractivity contribution in [3.05, 3.63) is 28.8 Å². The predicted molar refractivity (Wildman–Crippen MR) is 83.4 cm³/mol. The number of rotatable bonds is 2. The van der Waals surface area contributed by atoms with E-state index in [0.717, 1.165) is 42.3 Å². The molecular weight excluding hydrogens is 274 g/mol. The molecule has 0 aliphatic carbocycles. The summed E-state index contributed by atoms with van der Waals surface area (Å²) in [6, 6.07) is 5.66. The van der Waals surface area contributed by atoms with Crippen LogP contribution in [-0.2, 0) is 4.79 Å². The molecular formula is C16H24ClNO2. The zero-order valence-electron chi connectivity index (χ0n) is 12.8. The van der Waals surface area contributed by atoms with Gasteiger partial charge in [0.05, 0.1) is 0 Å². The number of benzene rings is 1. The molecule has 1 saturated heterocycles. The molecule has 1 aliphatic rings. The molecule has 0 atom stereocenters. The van der Waals surface area contributed by atoms with Crippen LogP contribution in [0.5, 0.6) is 5.75 Å². The number of nitrogens with zero attached hydrogens (tertiary/aromatic N) is 1. The quantitative estimate of drug-likeness (QED) is 0.824. The lowest BCUT2D eigenvalue weighted by Crippen LogP contribution is -2.40. The maximum atomic E-state index is 11.2. The topological polar surface area (TPSA) is 29.5 Å². The largest absolute Gasteiger partial charge is 0.490 e. The van der Waals surface area contributed by atoms with Gasteiger partial charge in [-0.25, -0.2) is 0 Å². The number of hydrogen-bond donors (Lipinski definition) is 0. The lowest BCUT2D eigenvalue weighted by molar-refractivity contribution is -0.130. The molecule has 1 fully saturated rings. The first-order chi connectivity index (χ1) is 9.56. The molecule has 0 bridgehead atoms. The first-order valence-electron chi connectivity index (χ1n) is 7.24. The Morgan fingerprint density at radius 1 is 1.30 bits per heavy atom. The summed E-state index contributed by atoms with van der Waals surface area (Å²) < 4.78 is 5.97. The molecule has 0 radical (unpaired) electrons. The number of amides is 1. The van der Waals surface area contributed by atoms with Gasteiger partial charge in [0, 0.05) is 37.9 Å². The van der Waals surface area contributed by atoms with E-state index in [1.54, 1.807) is 6.92 Å². The summed E-state index contributed by atoms with van der Waals surface area (Å²) in [7, 11) is 0. The minimum atomic E-state index is 0.149. The first-order valence-corrected chi connectivity index (χ1v) is 7.62. The summed E-state index contributed by atoms with van der Waals surface area (Å²) in [4.78, 5) is 13.1. The standard InChI is InChI=1S/C14H18ClNO2.C2H6/c1-10-9-12(15)3-4-14(10)18-13-5-7-16(8-6-13)11(2)17;1-2/h3-4,9,13H,5-8H2,1-2H3;1-2H3. The van der Waals surface area contributed by atoms with Crippen molar-refractivity contribution in [2.75, 3.05) is 13.1 Å². The van der Waals surface area contributed by atoms with E-state index in [2.05, 4.69) is 0 Å². The molecule has 0 spiro atoms. The summed E-state index contributed by atoms with van der Waals surface area (Å²) in [5.41, 5.74) is 1.05. The van der Waals surface area contributed by atoms with Crippen LogP contribution in [0.25, 0.3) is 0 Å². The Morgan fingerprint density at radius 2 is 1.90 bits per heavy atom. The van der Waals surface area contributed by atoms with Crippen LogP contribution in [0.4, 0.5) is 0 Å². The normalized spacial score (nSPS) is 15.3. The molecule has 1 aromatic rings. The molecule has 0 aromatic heterocycles. The van der Waals surface area contributed by atoms with Crippen LogP contribution in [0.2, 0.25) is 5.02 Å². The Bertz CT molecular complexity index is 440. The van der Waals surface area contributed by atoms with Gasteiger partial charge in [-0.2, -0.15) is 0 Å². The summed E-state index contributed by atoms with van der Waals surface area (Å²) in [6.45, 7) is 9.18.